The van der Waals surface area contributed by atoms with Gasteiger partial charge in [0.25, 0.3) is 0 Å². The zero-order valence-electron chi connectivity index (χ0n) is 19.5. The van der Waals surface area contributed by atoms with Gasteiger partial charge in [-0.15, -0.1) is 0 Å². The Hall–Kier alpha value is -3.59. The SMILES string of the molecule is CCOC(=O)C1=C(COC(=O)/C=C/c2c(C)nn(Cc3ccccc3Cl)c2C)NC(=O)NC1C. The van der Waals surface area contributed by atoms with Gasteiger partial charge in [0.2, 0.25) is 0 Å². The van der Waals surface area contributed by atoms with Gasteiger partial charge in [-0.25, -0.2) is 14.4 Å². The standard InChI is InChI=1S/C24H27ClN4O5/c1-5-33-23(31)22-15(3)26-24(32)27-20(22)13-34-21(30)11-10-18-14(2)28-29(16(18)4)12-17-8-6-7-9-19(17)25/h6-11,15H,5,12-13H2,1-4H3,(H2,26,27,32)/b11-10+. The van der Waals surface area contributed by atoms with Crippen molar-refractivity contribution in [2.24, 2.45) is 0 Å². The first-order valence-electron chi connectivity index (χ1n) is 10.8. The summed E-state index contributed by atoms with van der Waals surface area (Å²) in [6.07, 6.45) is 2.92. The number of nitrogens with zero attached hydrogens (tertiary/aromatic N) is 2. The van der Waals surface area contributed by atoms with E-state index in [0.29, 0.717) is 11.6 Å². The molecular weight excluding hydrogens is 460 g/mol. The predicted octanol–water partition coefficient (Wildman–Crippen LogP) is 3.28. The van der Waals surface area contributed by atoms with Crippen molar-refractivity contribution in [3.63, 3.8) is 0 Å². The van der Waals surface area contributed by atoms with Crippen molar-refractivity contribution in [2.75, 3.05) is 13.2 Å². The van der Waals surface area contributed by atoms with Crippen LogP contribution in [0.4, 0.5) is 4.79 Å². The van der Waals surface area contributed by atoms with Crippen molar-refractivity contribution in [1.29, 1.82) is 0 Å². The molecule has 1 unspecified atom stereocenters. The number of hydrogen-bond donors (Lipinski definition) is 2. The minimum Gasteiger partial charge on any atom is -0.463 e. The lowest BCUT2D eigenvalue weighted by molar-refractivity contribution is -0.140. The highest BCUT2D eigenvalue weighted by Gasteiger charge is 2.30. The van der Waals surface area contributed by atoms with Crippen molar-refractivity contribution in [1.82, 2.24) is 20.4 Å². The first kappa shape index (κ1) is 25.0. The molecule has 0 spiro atoms. The van der Waals surface area contributed by atoms with Gasteiger partial charge in [-0.3, -0.25) is 4.68 Å². The summed E-state index contributed by atoms with van der Waals surface area (Å²) in [5.41, 5.74) is 3.75. The van der Waals surface area contributed by atoms with Crippen LogP contribution in [0.15, 0.2) is 41.6 Å². The number of ether oxygens (including phenoxy) is 2. The predicted molar refractivity (Wildman–Crippen MR) is 127 cm³/mol. The molecule has 2 aromatic rings. The van der Waals surface area contributed by atoms with Gasteiger partial charge in [-0.2, -0.15) is 5.10 Å². The highest BCUT2D eigenvalue weighted by molar-refractivity contribution is 6.31. The highest BCUT2D eigenvalue weighted by atomic mass is 35.5. The summed E-state index contributed by atoms with van der Waals surface area (Å²) in [7, 11) is 0. The number of rotatable bonds is 8. The van der Waals surface area contributed by atoms with Gasteiger partial charge in [0.15, 0.2) is 0 Å². The summed E-state index contributed by atoms with van der Waals surface area (Å²) in [4.78, 5) is 36.4. The van der Waals surface area contributed by atoms with Gasteiger partial charge in [0.05, 0.1) is 36.2 Å². The maximum absolute atomic E-state index is 12.4. The molecule has 3 rings (SSSR count). The number of carbonyl (C=O) groups excluding carboxylic acids is 3. The Morgan fingerprint density at radius 1 is 1.24 bits per heavy atom. The van der Waals surface area contributed by atoms with Crippen LogP contribution < -0.4 is 10.6 Å². The zero-order valence-corrected chi connectivity index (χ0v) is 20.2. The Morgan fingerprint density at radius 3 is 2.68 bits per heavy atom. The molecule has 0 saturated heterocycles. The highest BCUT2D eigenvalue weighted by Crippen LogP contribution is 2.20. The third-order valence-electron chi connectivity index (χ3n) is 5.33. The molecule has 0 radical (unpaired) electrons. The minimum absolute atomic E-state index is 0.182. The van der Waals surface area contributed by atoms with E-state index < -0.39 is 24.0 Å². The summed E-state index contributed by atoms with van der Waals surface area (Å²) < 4.78 is 12.1. The molecule has 1 aliphatic heterocycles. The molecule has 1 aromatic heterocycles. The summed E-state index contributed by atoms with van der Waals surface area (Å²) in [5.74, 6) is -1.21. The van der Waals surface area contributed by atoms with E-state index in [1.807, 2.05) is 42.8 Å². The van der Waals surface area contributed by atoms with Gasteiger partial charge in [0, 0.05) is 22.4 Å². The summed E-state index contributed by atoms with van der Waals surface area (Å²) in [6, 6.07) is 6.48. The van der Waals surface area contributed by atoms with E-state index in [0.717, 1.165) is 22.5 Å². The van der Waals surface area contributed by atoms with E-state index in [2.05, 4.69) is 15.7 Å². The zero-order chi connectivity index (χ0) is 24.8. The second kappa shape index (κ2) is 11.0. The average molecular weight is 487 g/mol. The fourth-order valence-corrected chi connectivity index (χ4v) is 3.83. The van der Waals surface area contributed by atoms with Gasteiger partial charge in [-0.1, -0.05) is 29.8 Å². The first-order chi connectivity index (χ1) is 16.2. The van der Waals surface area contributed by atoms with Crippen LogP contribution in [0, 0.1) is 13.8 Å². The summed E-state index contributed by atoms with van der Waals surface area (Å²) in [5, 5.41) is 10.3. The fraction of sp³-hybridized carbons (Fsp3) is 0.333. The molecule has 0 saturated carbocycles. The normalized spacial score (nSPS) is 15.8. The topological polar surface area (TPSA) is 112 Å². The molecule has 180 valence electrons. The van der Waals surface area contributed by atoms with Gasteiger partial charge in [0.1, 0.15) is 6.61 Å². The molecule has 0 bridgehead atoms. The van der Waals surface area contributed by atoms with Gasteiger partial charge >= 0.3 is 18.0 Å². The number of carbonyl (C=O) groups is 3. The summed E-state index contributed by atoms with van der Waals surface area (Å²) in [6.45, 7) is 7.50. The van der Waals surface area contributed by atoms with Crippen LogP contribution in [0.3, 0.4) is 0 Å². The Morgan fingerprint density at radius 2 is 1.97 bits per heavy atom. The van der Waals surface area contributed by atoms with Crippen LogP contribution in [-0.2, 0) is 25.6 Å². The fourth-order valence-electron chi connectivity index (χ4n) is 3.63. The van der Waals surface area contributed by atoms with Crippen LogP contribution in [0.1, 0.15) is 36.4 Å². The van der Waals surface area contributed by atoms with Gasteiger partial charge in [-0.05, 0) is 45.4 Å². The van der Waals surface area contributed by atoms with E-state index in [1.165, 1.54) is 6.08 Å². The molecular formula is C24H27ClN4O5. The smallest absolute Gasteiger partial charge is 0.338 e. The lowest BCUT2D eigenvalue weighted by Gasteiger charge is -2.26. The monoisotopic (exact) mass is 486 g/mol. The van der Waals surface area contributed by atoms with Crippen molar-refractivity contribution in [3.8, 4) is 0 Å². The quantitative estimate of drug-likeness (QED) is 0.437. The number of benzene rings is 1. The second-order valence-electron chi connectivity index (χ2n) is 7.71. The Balaban J connectivity index is 1.70. The molecule has 9 nitrogen and oxygen atoms in total. The van der Waals surface area contributed by atoms with Gasteiger partial charge < -0.3 is 20.1 Å². The Kier molecular flexibility index (Phi) is 8.12. The number of halogens is 1. The Bertz CT molecular complexity index is 1170. The van der Waals surface area contributed by atoms with Crippen molar-refractivity contribution < 1.29 is 23.9 Å². The van der Waals surface area contributed by atoms with E-state index >= 15 is 0 Å². The van der Waals surface area contributed by atoms with Crippen molar-refractivity contribution in [3.05, 3.63) is 69.1 Å². The largest absolute Gasteiger partial charge is 0.463 e. The molecule has 2 heterocycles. The van der Waals surface area contributed by atoms with Crippen LogP contribution in [0.2, 0.25) is 5.02 Å². The second-order valence-corrected chi connectivity index (χ2v) is 8.11. The number of nitrogens with one attached hydrogen (secondary N) is 2. The third-order valence-corrected chi connectivity index (χ3v) is 5.69. The molecule has 34 heavy (non-hydrogen) atoms. The molecule has 0 aliphatic carbocycles. The number of amides is 2. The van der Waals surface area contributed by atoms with E-state index in [-0.39, 0.29) is 24.5 Å². The first-order valence-corrected chi connectivity index (χ1v) is 11.2. The van der Waals surface area contributed by atoms with Crippen LogP contribution in [0.25, 0.3) is 6.08 Å². The number of esters is 2. The van der Waals surface area contributed by atoms with Crippen molar-refractivity contribution >= 4 is 35.6 Å². The van der Waals surface area contributed by atoms with Crippen molar-refractivity contribution in [2.45, 2.75) is 40.3 Å². The van der Waals surface area contributed by atoms with Crippen LogP contribution in [-0.4, -0.2) is 47.0 Å². The molecule has 1 aliphatic rings. The van der Waals surface area contributed by atoms with E-state index in [9.17, 15) is 14.4 Å². The Labute approximate surface area is 202 Å². The van der Waals surface area contributed by atoms with Crippen LogP contribution >= 0.6 is 11.6 Å². The number of aryl methyl sites for hydroxylation is 1. The van der Waals surface area contributed by atoms with Crippen LogP contribution in [0.5, 0.6) is 0 Å². The lowest BCUT2D eigenvalue weighted by Crippen LogP contribution is -2.50. The lowest BCUT2D eigenvalue weighted by atomic mass is 10.0. The minimum atomic E-state index is -0.631. The molecule has 0 fully saturated rings. The molecule has 2 N–H and O–H groups in total. The van der Waals surface area contributed by atoms with E-state index in [4.69, 9.17) is 21.1 Å². The maximum atomic E-state index is 12.4. The van der Waals surface area contributed by atoms with E-state index in [1.54, 1.807) is 19.9 Å². The average Bonchev–Trinajstić information content (AvgIpc) is 3.04. The molecule has 1 atom stereocenters. The number of hydrogen-bond acceptors (Lipinski definition) is 6. The molecule has 1 aromatic carbocycles. The molecule has 10 heteroatoms. The number of urea groups is 1. The third kappa shape index (κ3) is 5.85. The number of aromatic nitrogens is 2. The molecule has 2 amide bonds. The maximum Gasteiger partial charge on any atom is 0.338 e. The summed E-state index contributed by atoms with van der Waals surface area (Å²) >= 11 is 6.26.